The second-order valence-corrected chi connectivity index (χ2v) is 10.3. The Bertz CT molecular complexity index is 1400. The van der Waals surface area contributed by atoms with Crippen LogP contribution in [-0.2, 0) is 23.9 Å². The summed E-state index contributed by atoms with van der Waals surface area (Å²) in [6.07, 6.45) is 1.16. The second kappa shape index (κ2) is 11.1. The fourth-order valence-corrected chi connectivity index (χ4v) is 5.02. The zero-order valence-corrected chi connectivity index (χ0v) is 23.0. The Kier molecular flexibility index (Phi) is 7.87. The predicted molar refractivity (Wildman–Crippen MR) is 151 cm³/mol. The highest BCUT2D eigenvalue weighted by atomic mass is 16.2. The molecule has 4 rings (SSSR count). The second-order valence-electron chi connectivity index (χ2n) is 10.3. The molecule has 0 aliphatic carbocycles. The number of anilines is 2. The quantitative estimate of drug-likeness (QED) is 0.384. The minimum Gasteiger partial charge on any atom is -0.330 e. The molecular weight excluding hydrogens is 494 g/mol. The molecule has 2 heterocycles. The van der Waals surface area contributed by atoms with E-state index in [2.05, 4.69) is 27.6 Å². The summed E-state index contributed by atoms with van der Waals surface area (Å²) in [7, 11) is 5.75. The van der Waals surface area contributed by atoms with Crippen molar-refractivity contribution in [2.24, 2.45) is 7.05 Å². The summed E-state index contributed by atoms with van der Waals surface area (Å²) in [5.74, 6) is -0.341. The molecule has 0 saturated heterocycles. The van der Waals surface area contributed by atoms with E-state index in [-0.39, 0.29) is 30.4 Å². The van der Waals surface area contributed by atoms with E-state index in [1.165, 1.54) is 0 Å². The minimum absolute atomic E-state index is 0.195. The minimum atomic E-state index is -0.668. The van der Waals surface area contributed by atoms with Crippen molar-refractivity contribution >= 4 is 29.4 Å². The van der Waals surface area contributed by atoms with Gasteiger partial charge >= 0.3 is 6.03 Å². The summed E-state index contributed by atoms with van der Waals surface area (Å²) in [5.41, 5.74) is 2.83. The van der Waals surface area contributed by atoms with Crippen LogP contribution < -0.4 is 16.0 Å². The van der Waals surface area contributed by atoms with Crippen LogP contribution in [0, 0.1) is 0 Å². The normalized spacial score (nSPS) is 14.5. The molecule has 0 spiro atoms. The lowest BCUT2D eigenvalue weighted by Crippen LogP contribution is -2.49. The van der Waals surface area contributed by atoms with Crippen molar-refractivity contribution in [2.45, 2.75) is 32.0 Å². The highest BCUT2D eigenvalue weighted by molar-refractivity contribution is 6.06. The molecule has 10 nitrogen and oxygen atoms in total. The Morgan fingerprint density at radius 2 is 1.82 bits per heavy atom. The van der Waals surface area contributed by atoms with E-state index in [0.29, 0.717) is 23.6 Å². The highest BCUT2D eigenvalue weighted by Gasteiger charge is 2.45. The highest BCUT2D eigenvalue weighted by Crippen LogP contribution is 2.42. The molecule has 204 valence electrons. The van der Waals surface area contributed by atoms with Crippen LogP contribution in [0.5, 0.6) is 0 Å². The number of aromatic nitrogens is 2. The zero-order chi connectivity index (χ0) is 28.3. The first-order valence-corrected chi connectivity index (χ1v) is 12.7. The lowest BCUT2D eigenvalue weighted by Gasteiger charge is -2.34. The molecule has 1 aliphatic rings. The lowest BCUT2D eigenvalue weighted by molar-refractivity contribution is -0.111. The van der Waals surface area contributed by atoms with Gasteiger partial charge in [-0.2, -0.15) is 5.10 Å². The molecule has 1 aromatic heterocycles. The molecule has 10 heteroatoms. The van der Waals surface area contributed by atoms with Gasteiger partial charge < -0.3 is 25.8 Å². The molecular formula is C29H35N7O3. The van der Waals surface area contributed by atoms with Crippen molar-refractivity contribution in [1.82, 2.24) is 24.9 Å². The maximum atomic E-state index is 13.6. The van der Waals surface area contributed by atoms with E-state index in [9.17, 15) is 14.4 Å². The Hall–Kier alpha value is -4.44. The van der Waals surface area contributed by atoms with Gasteiger partial charge in [0.1, 0.15) is 0 Å². The Labute approximate surface area is 228 Å². The SMILES string of the molecule is C=CC(=O)Nc1cccc(C(=O)Nc2nn(C)c3c2CN(C(=O)N[C@H](CN(C)C)c2ccccc2)C3(C)C)c1. The molecule has 3 aromatic rings. The molecule has 3 N–H and O–H groups in total. The van der Waals surface area contributed by atoms with Gasteiger partial charge in [-0.15, -0.1) is 0 Å². The average molecular weight is 530 g/mol. The predicted octanol–water partition coefficient (Wildman–Crippen LogP) is 3.86. The number of amides is 4. The lowest BCUT2D eigenvalue weighted by atomic mass is 10.0. The molecule has 0 radical (unpaired) electrons. The average Bonchev–Trinajstić information content (AvgIpc) is 3.37. The van der Waals surface area contributed by atoms with Crippen LogP contribution in [0.4, 0.5) is 16.3 Å². The third kappa shape index (κ3) is 5.85. The molecule has 4 amide bonds. The van der Waals surface area contributed by atoms with Crippen molar-refractivity contribution in [3.63, 3.8) is 0 Å². The number of urea groups is 1. The number of likely N-dealkylation sites (N-methyl/N-ethyl adjacent to an activating group) is 1. The first kappa shape index (κ1) is 27.6. The zero-order valence-electron chi connectivity index (χ0n) is 23.0. The van der Waals surface area contributed by atoms with Gasteiger partial charge in [-0.25, -0.2) is 4.79 Å². The van der Waals surface area contributed by atoms with Crippen molar-refractivity contribution < 1.29 is 14.4 Å². The summed E-state index contributed by atoms with van der Waals surface area (Å²) in [6, 6.07) is 16.1. The van der Waals surface area contributed by atoms with Gasteiger partial charge in [-0.1, -0.05) is 43.0 Å². The van der Waals surface area contributed by atoms with Gasteiger partial charge in [0.25, 0.3) is 5.91 Å². The standard InChI is InChI=1S/C29H35N7O3/c1-7-24(37)30-21-15-11-14-20(16-21)27(38)32-26-22-17-36(29(2,3)25(22)35(6)33-26)28(39)31-23(18-34(4)5)19-12-9-8-10-13-19/h7-16,23H,1,17-18H2,2-6H3,(H,30,37)(H,31,39)(H,32,33,38)/t23-/m1/s1. The molecule has 0 saturated carbocycles. The monoisotopic (exact) mass is 529 g/mol. The van der Waals surface area contributed by atoms with Crippen LogP contribution in [0.3, 0.4) is 0 Å². The Morgan fingerprint density at radius 3 is 2.49 bits per heavy atom. The summed E-state index contributed by atoms with van der Waals surface area (Å²) in [4.78, 5) is 42.2. The van der Waals surface area contributed by atoms with E-state index in [1.807, 2.05) is 70.2 Å². The number of fused-ring (bicyclic) bond motifs is 1. The summed E-state index contributed by atoms with van der Waals surface area (Å²) >= 11 is 0. The van der Waals surface area contributed by atoms with Gasteiger partial charge in [0.2, 0.25) is 5.91 Å². The van der Waals surface area contributed by atoms with E-state index in [0.717, 1.165) is 22.9 Å². The van der Waals surface area contributed by atoms with Crippen molar-refractivity contribution in [1.29, 1.82) is 0 Å². The third-order valence-corrected chi connectivity index (χ3v) is 6.82. The largest absolute Gasteiger partial charge is 0.330 e. The number of hydrogen-bond acceptors (Lipinski definition) is 5. The molecule has 2 aromatic carbocycles. The first-order chi connectivity index (χ1) is 18.5. The number of nitrogens with one attached hydrogen (secondary N) is 3. The van der Waals surface area contributed by atoms with Crippen LogP contribution in [-0.4, -0.2) is 58.1 Å². The van der Waals surface area contributed by atoms with Crippen LogP contribution in [0.25, 0.3) is 0 Å². The van der Waals surface area contributed by atoms with Gasteiger partial charge in [0.05, 0.1) is 23.8 Å². The Balaban J connectivity index is 1.55. The van der Waals surface area contributed by atoms with Gasteiger partial charge in [-0.3, -0.25) is 14.3 Å². The van der Waals surface area contributed by atoms with E-state index in [4.69, 9.17) is 0 Å². The molecule has 0 unspecified atom stereocenters. The number of benzene rings is 2. The van der Waals surface area contributed by atoms with Gasteiger partial charge in [-0.05, 0) is 57.8 Å². The topological polar surface area (TPSA) is 112 Å². The van der Waals surface area contributed by atoms with Crippen molar-refractivity contribution in [2.75, 3.05) is 31.3 Å². The number of carbonyl (C=O) groups excluding carboxylic acids is 3. The summed E-state index contributed by atoms with van der Waals surface area (Å²) in [6.45, 7) is 8.32. The Morgan fingerprint density at radius 1 is 1.10 bits per heavy atom. The van der Waals surface area contributed by atoms with Gasteiger partial charge in [0.15, 0.2) is 5.82 Å². The van der Waals surface area contributed by atoms with Gasteiger partial charge in [0, 0.05) is 30.4 Å². The van der Waals surface area contributed by atoms with Crippen LogP contribution in [0.2, 0.25) is 0 Å². The number of hydrogen-bond donors (Lipinski definition) is 3. The fourth-order valence-electron chi connectivity index (χ4n) is 5.02. The summed E-state index contributed by atoms with van der Waals surface area (Å²) in [5, 5.41) is 13.3. The summed E-state index contributed by atoms with van der Waals surface area (Å²) < 4.78 is 1.72. The van der Waals surface area contributed by atoms with Crippen LogP contribution in [0.15, 0.2) is 67.3 Å². The van der Waals surface area contributed by atoms with E-state index >= 15 is 0 Å². The smallest absolute Gasteiger partial charge is 0.319 e. The third-order valence-electron chi connectivity index (χ3n) is 6.82. The first-order valence-electron chi connectivity index (χ1n) is 12.7. The van der Waals surface area contributed by atoms with Crippen molar-refractivity contribution in [3.05, 3.63) is 89.6 Å². The molecule has 0 bridgehead atoms. The molecule has 0 fully saturated rings. The van der Waals surface area contributed by atoms with Crippen LogP contribution >= 0.6 is 0 Å². The molecule has 1 atom stereocenters. The maximum absolute atomic E-state index is 13.6. The number of aryl methyl sites for hydroxylation is 1. The maximum Gasteiger partial charge on any atom is 0.319 e. The fraction of sp³-hybridized carbons (Fsp3) is 0.310. The number of nitrogens with zero attached hydrogens (tertiary/aromatic N) is 4. The molecule has 39 heavy (non-hydrogen) atoms. The molecule has 1 aliphatic heterocycles. The number of rotatable bonds is 8. The van der Waals surface area contributed by atoms with Crippen LogP contribution in [0.1, 0.15) is 47.1 Å². The van der Waals surface area contributed by atoms with E-state index < -0.39 is 5.54 Å². The number of carbonyl (C=O) groups is 3. The van der Waals surface area contributed by atoms with E-state index in [1.54, 1.807) is 33.8 Å². The van der Waals surface area contributed by atoms with Crippen molar-refractivity contribution in [3.8, 4) is 0 Å².